The first kappa shape index (κ1) is 16.8. The minimum Gasteiger partial charge on any atom is -0.481 e. The van der Waals surface area contributed by atoms with E-state index in [0.717, 1.165) is 6.42 Å². The number of urea groups is 1. The quantitative estimate of drug-likeness (QED) is 0.674. The predicted octanol–water partition coefficient (Wildman–Crippen LogP) is 2.98. The number of carboxylic acid groups (broad SMARTS) is 1. The number of carbonyl (C=O) groups is 2. The summed E-state index contributed by atoms with van der Waals surface area (Å²) in [4.78, 5) is 22.0. The standard InChI is InChI=1S/C14H16ClN3O3/c15-11-6-5-10(9-16)12(8-11)18-14(21)17-7-3-1-2-4-13(19)20/h5-6,8H,1-4,7H2,(H,19,20)(H2,17,18,21). The topological polar surface area (TPSA) is 102 Å². The lowest BCUT2D eigenvalue weighted by molar-refractivity contribution is -0.137. The maximum atomic E-state index is 11.7. The Morgan fingerprint density at radius 1 is 1.29 bits per heavy atom. The van der Waals surface area contributed by atoms with Crippen LogP contribution in [0.1, 0.15) is 31.2 Å². The van der Waals surface area contributed by atoms with Gasteiger partial charge in [0.05, 0.1) is 11.3 Å². The molecule has 1 aromatic rings. The second-order valence-corrected chi connectivity index (χ2v) is 4.82. The van der Waals surface area contributed by atoms with Crippen LogP contribution in [-0.2, 0) is 4.79 Å². The first-order chi connectivity index (χ1) is 10.0. The first-order valence-corrected chi connectivity index (χ1v) is 6.87. The monoisotopic (exact) mass is 309 g/mol. The smallest absolute Gasteiger partial charge is 0.319 e. The normalized spacial score (nSPS) is 9.71. The molecule has 2 amide bonds. The molecule has 0 spiro atoms. The molecule has 1 rings (SSSR count). The molecule has 0 aliphatic heterocycles. The lowest BCUT2D eigenvalue weighted by Crippen LogP contribution is -2.29. The van der Waals surface area contributed by atoms with Crippen molar-refractivity contribution in [2.45, 2.75) is 25.7 Å². The number of hydrogen-bond donors (Lipinski definition) is 3. The van der Waals surface area contributed by atoms with E-state index in [1.54, 1.807) is 6.07 Å². The van der Waals surface area contributed by atoms with Gasteiger partial charge in [0, 0.05) is 18.0 Å². The molecule has 0 bridgehead atoms. The van der Waals surface area contributed by atoms with Crippen LogP contribution in [0.4, 0.5) is 10.5 Å². The highest BCUT2D eigenvalue weighted by atomic mass is 35.5. The highest BCUT2D eigenvalue weighted by Gasteiger charge is 2.07. The van der Waals surface area contributed by atoms with Crippen LogP contribution in [0.25, 0.3) is 0 Å². The lowest BCUT2D eigenvalue weighted by Gasteiger charge is -2.09. The molecule has 0 atom stereocenters. The second-order valence-electron chi connectivity index (χ2n) is 4.39. The number of nitrogens with one attached hydrogen (secondary N) is 2. The van der Waals surface area contributed by atoms with Gasteiger partial charge in [-0.2, -0.15) is 5.26 Å². The zero-order valence-corrected chi connectivity index (χ0v) is 12.1. The summed E-state index contributed by atoms with van der Waals surface area (Å²) in [6.45, 7) is 0.438. The summed E-state index contributed by atoms with van der Waals surface area (Å²) in [6.07, 6.45) is 2.15. The van der Waals surface area contributed by atoms with Crippen LogP contribution in [0, 0.1) is 11.3 Å². The molecule has 0 unspecified atom stereocenters. The van der Waals surface area contributed by atoms with Gasteiger partial charge >= 0.3 is 12.0 Å². The number of halogens is 1. The summed E-state index contributed by atoms with van der Waals surface area (Å²) in [5.74, 6) is -0.814. The molecule has 0 heterocycles. The fourth-order valence-corrected chi connectivity index (χ4v) is 1.84. The summed E-state index contributed by atoms with van der Waals surface area (Å²) in [5, 5.41) is 23.0. The van der Waals surface area contributed by atoms with Crippen molar-refractivity contribution < 1.29 is 14.7 Å². The van der Waals surface area contributed by atoms with E-state index < -0.39 is 12.0 Å². The molecule has 7 heteroatoms. The molecule has 0 saturated heterocycles. The van der Waals surface area contributed by atoms with Gasteiger partial charge in [-0.3, -0.25) is 4.79 Å². The zero-order chi connectivity index (χ0) is 15.7. The fourth-order valence-electron chi connectivity index (χ4n) is 1.66. The third-order valence-corrected chi connectivity index (χ3v) is 2.94. The summed E-state index contributed by atoms with van der Waals surface area (Å²) in [5.41, 5.74) is 0.685. The zero-order valence-electron chi connectivity index (χ0n) is 11.4. The van der Waals surface area contributed by atoms with E-state index >= 15 is 0 Å². The summed E-state index contributed by atoms with van der Waals surface area (Å²) in [6, 6.07) is 6.16. The average Bonchev–Trinajstić information content (AvgIpc) is 2.42. The third kappa shape index (κ3) is 6.63. The Morgan fingerprint density at radius 2 is 2.05 bits per heavy atom. The lowest BCUT2D eigenvalue weighted by atomic mass is 10.2. The highest BCUT2D eigenvalue weighted by Crippen LogP contribution is 2.20. The van der Waals surface area contributed by atoms with Gasteiger partial charge in [-0.1, -0.05) is 18.0 Å². The van der Waals surface area contributed by atoms with Crippen molar-refractivity contribution in [1.29, 1.82) is 5.26 Å². The van der Waals surface area contributed by atoms with Gasteiger partial charge in [0.15, 0.2) is 0 Å². The molecule has 0 aliphatic rings. The van der Waals surface area contributed by atoms with Crippen molar-refractivity contribution in [3.05, 3.63) is 28.8 Å². The number of anilines is 1. The van der Waals surface area contributed by atoms with Crippen molar-refractivity contribution in [3.8, 4) is 6.07 Å². The molecule has 1 aromatic carbocycles. The number of nitriles is 1. The van der Waals surface area contributed by atoms with Crippen LogP contribution in [0.5, 0.6) is 0 Å². The largest absolute Gasteiger partial charge is 0.481 e. The summed E-state index contributed by atoms with van der Waals surface area (Å²) >= 11 is 5.82. The van der Waals surface area contributed by atoms with Crippen LogP contribution < -0.4 is 10.6 Å². The molecule has 0 saturated carbocycles. The Morgan fingerprint density at radius 3 is 2.71 bits per heavy atom. The van der Waals surface area contributed by atoms with Crippen molar-refractivity contribution >= 4 is 29.3 Å². The predicted molar refractivity (Wildman–Crippen MR) is 79.3 cm³/mol. The Balaban J connectivity index is 2.33. The Labute approximate surface area is 127 Å². The average molecular weight is 310 g/mol. The van der Waals surface area contributed by atoms with Gasteiger partial charge in [-0.25, -0.2) is 4.79 Å². The van der Waals surface area contributed by atoms with E-state index in [0.29, 0.717) is 35.7 Å². The van der Waals surface area contributed by atoms with E-state index in [9.17, 15) is 9.59 Å². The Hall–Kier alpha value is -2.26. The van der Waals surface area contributed by atoms with Crippen LogP contribution in [0.2, 0.25) is 5.02 Å². The number of rotatable bonds is 7. The van der Waals surface area contributed by atoms with Crippen molar-refractivity contribution in [1.82, 2.24) is 5.32 Å². The summed E-state index contributed by atoms with van der Waals surface area (Å²) < 4.78 is 0. The maximum absolute atomic E-state index is 11.7. The Bertz CT molecular complexity index is 555. The van der Waals surface area contributed by atoms with Crippen molar-refractivity contribution in [2.24, 2.45) is 0 Å². The number of hydrogen-bond acceptors (Lipinski definition) is 3. The molecule has 21 heavy (non-hydrogen) atoms. The summed E-state index contributed by atoms with van der Waals surface area (Å²) in [7, 11) is 0. The SMILES string of the molecule is N#Cc1ccc(Cl)cc1NC(=O)NCCCCCC(=O)O. The second kappa shape index (κ2) is 8.82. The van der Waals surface area contributed by atoms with E-state index in [4.69, 9.17) is 22.0 Å². The molecule has 112 valence electrons. The molecule has 3 N–H and O–H groups in total. The molecular formula is C14H16ClN3O3. The molecule has 0 fully saturated rings. The number of amides is 2. The Kier molecular flexibility index (Phi) is 7.05. The molecule has 0 aliphatic carbocycles. The van der Waals surface area contributed by atoms with Gasteiger partial charge in [0.1, 0.15) is 6.07 Å². The fraction of sp³-hybridized carbons (Fsp3) is 0.357. The van der Waals surface area contributed by atoms with Crippen molar-refractivity contribution in [3.63, 3.8) is 0 Å². The van der Waals surface area contributed by atoms with E-state index in [1.807, 2.05) is 6.07 Å². The minimum absolute atomic E-state index is 0.139. The number of unbranched alkanes of at least 4 members (excludes halogenated alkanes) is 2. The molecule has 6 nitrogen and oxygen atoms in total. The molecule has 0 aromatic heterocycles. The van der Waals surface area contributed by atoms with Gasteiger partial charge in [0.2, 0.25) is 0 Å². The van der Waals surface area contributed by atoms with Gasteiger partial charge in [-0.15, -0.1) is 0 Å². The highest BCUT2D eigenvalue weighted by molar-refractivity contribution is 6.31. The first-order valence-electron chi connectivity index (χ1n) is 6.49. The number of benzene rings is 1. The van der Waals surface area contributed by atoms with Crippen molar-refractivity contribution in [2.75, 3.05) is 11.9 Å². The van der Waals surface area contributed by atoms with E-state index in [1.165, 1.54) is 12.1 Å². The number of carboxylic acids is 1. The van der Waals surface area contributed by atoms with Crippen LogP contribution >= 0.6 is 11.6 Å². The van der Waals surface area contributed by atoms with Crippen LogP contribution in [-0.4, -0.2) is 23.7 Å². The van der Waals surface area contributed by atoms with Crippen LogP contribution in [0.15, 0.2) is 18.2 Å². The maximum Gasteiger partial charge on any atom is 0.319 e. The van der Waals surface area contributed by atoms with Gasteiger partial charge in [-0.05, 0) is 31.0 Å². The number of nitrogens with zero attached hydrogens (tertiary/aromatic N) is 1. The van der Waals surface area contributed by atoms with Crippen LogP contribution in [0.3, 0.4) is 0 Å². The van der Waals surface area contributed by atoms with Gasteiger partial charge in [0.25, 0.3) is 0 Å². The van der Waals surface area contributed by atoms with E-state index in [2.05, 4.69) is 10.6 Å². The third-order valence-electron chi connectivity index (χ3n) is 2.70. The molecular weight excluding hydrogens is 294 g/mol. The van der Waals surface area contributed by atoms with Gasteiger partial charge < -0.3 is 15.7 Å². The molecule has 0 radical (unpaired) electrons. The van der Waals surface area contributed by atoms with E-state index in [-0.39, 0.29) is 6.42 Å². The number of carbonyl (C=O) groups excluding carboxylic acids is 1. The minimum atomic E-state index is -0.814. The number of aliphatic carboxylic acids is 1.